The van der Waals surface area contributed by atoms with Crippen molar-refractivity contribution in [3.05, 3.63) is 89.4 Å². The minimum Gasteiger partial charge on any atom is -0.496 e. The molecule has 0 fully saturated rings. The van der Waals surface area contributed by atoms with Crippen molar-refractivity contribution in [2.24, 2.45) is 0 Å². The standard InChI is InChI=1S/C27H24N4O5/c1-34-22-9-5-2-6-18(22)26(32)31-21(14-17-10-11-23-24(15-17)36-16-35-23)27(33)28-13-12-25-29-19-7-3-4-8-20(19)30-25/h2-11,14-15H,12-13,16H2,1H3,(H,28,33)(H,29,30)(H,31,32)/b21-14-. The molecule has 0 saturated heterocycles. The monoisotopic (exact) mass is 484 g/mol. The van der Waals surface area contributed by atoms with Crippen LogP contribution in [0.25, 0.3) is 17.1 Å². The summed E-state index contributed by atoms with van der Waals surface area (Å²) in [4.78, 5) is 34.0. The Hall–Kier alpha value is -4.79. The summed E-state index contributed by atoms with van der Waals surface area (Å²) in [5.41, 5.74) is 2.86. The summed E-state index contributed by atoms with van der Waals surface area (Å²) in [6, 6.07) is 19.8. The third-order valence-corrected chi connectivity index (χ3v) is 5.64. The second-order valence-corrected chi connectivity index (χ2v) is 8.03. The van der Waals surface area contributed by atoms with Crippen LogP contribution >= 0.6 is 0 Å². The number of imidazole rings is 1. The Bertz CT molecular complexity index is 1430. The van der Waals surface area contributed by atoms with Gasteiger partial charge in [-0.2, -0.15) is 0 Å². The van der Waals surface area contributed by atoms with E-state index < -0.39 is 11.8 Å². The van der Waals surface area contributed by atoms with Gasteiger partial charge in [0.2, 0.25) is 6.79 Å². The van der Waals surface area contributed by atoms with Gasteiger partial charge in [0.05, 0.1) is 23.7 Å². The number of aromatic nitrogens is 2. The summed E-state index contributed by atoms with van der Waals surface area (Å²) in [6.07, 6.45) is 2.09. The van der Waals surface area contributed by atoms with E-state index in [1.165, 1.54) is 7.11 Å². The summed E-state index contributed by atoms with van der Waals surface area (Å²) in [5, 5.41) is 5.59. The third kappa shape index (κ3) is 5.00. The van der Waals surface area contributed by atoms with E-state index in [-0.39, 0.29) is 12.5 Å². The molecule has 1 aromatic heterocycles. The average Bonchev–Trinajstić information content (AvgIpc) is 3.54. The Kier molecular flexibility index (Phi) is 6.53. The number of carbonyl (C=O) groups is 2. The summed E-state index contributed by atoms with van der Waals surface area (Å²) >= 11 is 0. The number of benzene rings is 3. The van der Waals surface area contributed by atoms with Crippen molar-refractivity contribution in [2.75, 3.05) is 20.4 Å². The summed E-state index contributed by atoms with van der Waals surface area (Å²) in [7, 11) is 1.49. The average molecular weight is 485 g/mol. The van der Waals surface area contributed by atoms with Gasteiger partial charge in [0.25, 0.3) is 11.8 Å². The van der Waals surface area contributed by atoms with Crippen LogP contribution in [-0.2, 0) is 11.2 Å². The molecule has 36 heavy (non-hydrogen) atoms. The molecule has 2 amide bonds. The lowest BCUT2D eigenvalue weighted by molar-refractivity contribution is -0.117. The van der Waals surface area contributed by atoms with Gasteiger partial charge >= 0.3 is 0 Å². The molecule has 182 valence electrons. The first kappa shape index (κ1) is 23.0. The molecule has 3 aromatic carbocycles. The minimum absolute atomic E-state index is 0.0781. The van der Waals surface area contributed by atoms with Crippen molar-refractivity contribution >= 4 is 28.9 Å². The van der Waals surface area contributed by atoms with Crippen molar-refractivity contribution in [3.63, 3.8) is 0 Å². The number of hydrogen-bond acceptors (Lipinski definition) is 6. The normalized spacial score (nSPS) is 12.4. The number of fused-ring (bicyclic) bond motifs is 2. The number of nitrogens with zero attached hydrogens (tertiary/aromatic N) is 1. The first-order chi connectivity index (χ1) is 17.6. The van der Waals surface area contributed by atoms with Gasteiger partial charge in [-0.15, -0.1) is 0 Å². The van der Waals surface area contributed by atoms with Gasteiger partial charge < -0.3 is 29.8 Å². The summed E-state index contributed by atoms with van der Waals surface area (Å²) in [5.74, 6) is 1.46. The fraction of sp³-hybridized carbons (Fsp3) is 0.148. The molecule has 0 radical (unpaired) electrons. The number of methoxy groups -OCH3 is 1. The van der Waals surface area contributed by atoms with Gasteiger partial charge in [-0.05, 0) is 48.0 Å². The number of nitrogens with one attached hydrogen (secondary N) is 3. The van der Waals surface area contributed by atoms with Crippen LogP contribution in [0.3, 0.4) is 0 Å². The van der Waals surface area contributed by atoms with Gasteiger partial charge in [-0.1, -0.05) is 30.3 Å². The molecule has 0 atom stereocenters. The van der Waals surface area contributed by atoms with E-state index in [2.05, 4.69) is 20.6 Å². The Labute approximate surface area is 207 Å². The van der Waals surface area contributed by atoms with Crippen molar-refractivity contribution in [1.82, 2.24) is 20.6 Å². The lowest BCUT2D eigenvalue weighted by Crippen LogP contribution is -2.36. The number of ether oxygens (including phenoxy) is 3. The molecule has 3 N–H and O–H groups in total. The summed E-state index contributed by atoms with van der Waals surface area (Å²) in [6.45, 7) is 0.462. The smallest absolute Gasteiger partial charge is 0.267 e. The maximum atomic E-state index is 13.2. The Morgan fingerprint density at radius 3 is 2.72 bits per heavy atom. The number of H-pyrrole nitrogens is 1. The Balaban J connectivity index is 1.34. The molecule has 5 rings (SSSR count). The number of hydrogen-bond donors (Lipinski definition) is 3. The van der Waals surface area contributed by atoms with E-state index in [1.807, 2.05) is 24.3 Å². The first-order valence-electron chi connectivity index (χ1n) is 11.4. The molecule has 4 aromatic rings. The zero-order valence-corrected chi connectivity index (χ0v) is 19.5. The molecule has 2 heterocycles. The van der Waals surface area contributed by atoms with Crippen LogP contribution in [0.5, 0.6) is 17.2 Å². The quantitative estimate of drug-likeness (QED) is 0.330. The van der Waals surface area contributed by atoms with Gasteiger partial charge in [0.1, 0.15) is 17.3 Å². The van der Waals surface area contributed by atoms with Crippen LogP contribution in [0.1, 0.15) is 21.7 Å². The Morgan fingerprint density at radius 2 is 1.86 bits per heavy atom. The van der Waals surface area contributed by atoms with Gasteiger partial charge in [0.15, 0.2) is 11.5 Å². The highest BCUT2D eigenvalue weighted by Gasteiger charge is 2.19. The number of rotatable bonds is 8. The van der Waals surface area contributed by atoms with Crippen molar-refractivity contribution in [2.45, 2.75) is 6.42 Å². The van der Waals surface area contributed by atoms with E-state index in [0.29, 0.717) is 41.3 Å². The van der Waals surface area contributed by atoms with Crippen molar-refractivity contribution in [3.8, 4) is 17.2 Å². The predicted octanol–water partition coefficient (Wildman–Crippen LogP) is 3.43. The summed E-state index contributed by atoms with van der Waals surface area (Å²) < 4.78 is 16.1. The van der Waals surface area contributed by atoms with Crippen LogP contribution in [0, 0.1) is 0 Å². The van der Waals surface area contributed by atoms with E-state index in [0.717, 1.165) is 16.9 Å². The predicted molar refractivity (Wildman–Crippen MR) is 134 cm³/mol. The van der Waals surface area contributed by atoms with E-state index >= 15 is 0 Å². The fourth-order valence-electron chi connectivity index (χ4n) is 3.86. The molecule has 1 aliphatic heterocycles. The van der Waals surface area contributed by atoms with Gasteiger partial charge in [0, 0.05) is 13.0 Å². The number of amides is 2. The number of aromatic amines is 1. The lowest BCUT2D eigenvalue weighted by atomic mass is 10.1. The second-order valence-electron chi connectivity index (χ2n) is 8.03. The molecule has 0 saturated carbocycles. The molecular weight excluding hydrogens is 460 g/mol. The fourth-order valence-corrected chi connectivity index (χ4v) is 3.86. The van der Waals surface area contributed by atoms with E-state index in [9.17, 15) is 9.59 Å². The lowest BCUT2D eigenvalue weighted by Gasteiger charge is -2.13. The van der Waals surface area contributed by atoms with Crippen molar-refractivity contribution < 1.29 is 23.8 Å². The molecule has 0 spiro atoms. The molecule has 1 aliphatic rings. The SMILES string of the molecule is COc1ccccc1C(=O)N/C(=C\c1ccc2c(c1)OCO2)C(=O)NCCc1nc2ccccc2[nH]1. The van der Waals surface area contributed by atoms with Gasteiger partial charge in [-0.3, -0.25) is 9.59 Å². The highest BCUT2D eigenvalue weighted by atomic mass is 16.7. The molecule has 0 bridgehead atoms. The molecular formula is C27H24N4O5. The zero-order valence-electron chi connectivity index (χ0n) is 19.5. The van der Waals surface area contributed by atoms with Crippen LogP contribution in [0.2, 0.25) is 0 Å². The molecule has 0 aliphatic carbocycles. The van der Waals surface area contributed by atoms with E-state index in [1.54, 1.807) is 48.5 Å². The maximum Gasteiger partial charge on any atom is 0.267 e. The second kappa shape index (κ2) is 10.2. The minimum atomic E-state index is -0.466. The first-order valence-corrected chi connectivity index (χ1v) is 11.4. The van der Waals surface area contributed by atoms with Gasteiger partial charge in [-0.25, -0.2) is 4.98 Å². The number of carbonyl (C=O) groups excluding carboxylic acids is 2. The van der Waals surface area contributed by atoms with Crippen LogP contribution in [-0.4, -0.2) is 42.2 Å². The van der Waals surface area contributed by atoms with Crippen molar-refractivity contribution in [1.29, 1.82) is 0 Å². The third-order valence-electron chi connectivity index (χ3n) is 5.64. The number of para-hydroxylation sites is 3. The maximum absolute atomic E-state index is 13.2. The van der Waals surface area contributed by atoms with E-state index in [4.69, 9.17) is 14.2 Å². The highest BCUT2D eigenvalue weighted by molar-refractivity contribution is 6.06. The van der Waals surface area contributed by atoms with Crippen LogP contribution < -0.4 is 24.8 Å². The molecule has 9 heteroatoms. The van der Waals surface area contributed by atoms with Crippen LogP contribution in [0.15, 0.2) is 72.4 Å². The topological polar surface area (TPSA) is 115 Å². The van der Waals surface area contributed by atoms with Crippen LogP contribution in [0.4, 0.5) is 0 Å². The highest BCUT2D eigenvalue weighted by Crippen LogP contribution is 2.33. The Morgan fingerprint density at radius 1 is 1.06 bits per heavy atom. The zero-order chi connectivity index (χ0) is 24.9. The largest absolute Gasteiger partial charge is 0.496 e. The molecule has 0 unspecified atom stereocenters. The molecule has 9 nitrogen and oxygen atoms in total.